The van der Waals surface area contributed by atoms with Gasteiger partial charge < -0.3 is 19.7 Å². The molecule has 1 aromatic carbocycles. The number of rotatable bonds is 5. The number of amides is 2. The van der Waals surface area contributed by atoms with Crippen LogP contribution in [0.4, 0.5) is 0 Å². The summed E-state index contributed by atoms with van der Waals surface area (Å²) in [4.78, 5) is 33.7. The number of nitrogens with one attached hydrogen (secondary N) is 1. The molecule has 0 atom stereocenters. The fourth-order valence-corrected chi connectivity index (χ4v) is 3.43. The predicted molar refractivity (Wildman–Crippen MR) is 103 cm³/mol. The van der Waals surface area contributed by atoms with Gasteiger partial charge in [0.2, 0.25) is 11.8 Å². The van der Waals surface area contributed by atoms with E-state index >= 15 is 0 Å². The van der Waals surface area contributed by atoms with Crippen molar-refractivity contribution in [2.24, 2.45) is 0 Å². The molecule has 7 heteroatoms. The van der Waals surface area contributed by atoms with Crippen LogP contribution in [-0.4, -0.2) is 78.3 Å². The quantitative estimate of drug-likeness (QED) is 0.868. The summed E-state index contributed by atoms with van der Waals surface area (Å²) in [5.74, 6) is 0.253. The van der Waals surface area contributed by atoms with E-state index in [9.17, 15) is 9.59 Å². The Hall–Kier alpha value is -2.05. The molecule has 1 aliphatic rings. The molecular formula is C19H25ClN4O2. The first-order valence-electron chi connectivity index (χ1n) is 8.90. The van der Waals surface area contributed by atoms with E-state index in [1.807, 2.05) is 53.2 Å². The van der Waals surface area contributed by atoms with Gasteiger partial charge in [-0.15, -0.1) is 0 Å². The lowest BCUT2D eigenvalue weighted by molar-refractivity contribution is -0.139. The zero-order valence-corrected chi connectivity index (χ0v) is 16.1. The van der Waals surface area contributed by atoms with Gasteiger partial charge in [-0.2, -0.15) is 0 Å². The minimum Gasteiger partial charge on any atom is -0.361 e. The molecule has 1 N–H and O–H groups in total. The number of aromatic amines is 1. The fraction of sp³-hybridized carbons (Fsp3) is 0.474. The fourth-order valence-electron chi connectivity index (χ4n) is 3.25. The van der Waals surface area contributed by atoms with Crippen molar-refractivity contribution in [2.45, 2.75) is 12.8 Å². The summed E-state index contributed by atoms with van der Waals surface area (Å²) in [6.07, 6.45) is 2.74. The molecule has 1 saturated heterocycles. The Bertz CT molecular complexity index is 794. The molecule has 140 valence electrons. The van der Waals surface area contributed by atoms with Gasteiger partial charge in [-0.3, -0.25) is 9.59 Å². The SMILES string of the molecule is CN(C)CCC(=O)N1CCN(C(=O)Cc2c[nH]c3ccc(Cl)cc23)CC1. The molecule has 1 aliphatic heterocycles. The van der Waals surface area contributed by atoms with Crippen molar-refractivity contribution in [3.63, 3.8) is 0 Å². The lowest BCUT2D eigenvalue weighted by atomic mass is 10.1. The van der Waals surface area contributed by atoms with Crippen LogP contribution in [0.15, 0.2) is 24.4 Å². The van der Waals surface area contributed by atoms with Gasteiger partial charge in [0.25, 0.3) is 0 Å². The van der Waals surface area contributed by atoms with Crippen LogP contribution in [0.2, 0.25) is 5.02 Å². The maximum atomic E-state index is 12.7. The summed E-state index contributed by atoms with van der Waals surface area (Å²) in [6, 6.07) is 5.64. The molecule has 0 saturated carbocycles. The lowest BCUT2D eigenvalue weighted by Crippen LogP contribution is -2.51. The van der Waals surface area contributed by atoms with Gasteiger partial charge in [-0.1, -0.05) is 11.6 Å². The second kappa shape index (κ2) is 8.10. The third-order valence-corrected chi connectivity index (χ3v) is 5.06. The third-order valence-electron chi connectivity index (χ3n) is 4.83. The summed E-state index contributed by atoms with van der Waals surface area (Å²) in [5.41, 5.74) is 1.94. The van der Waals surface area contributed by atoms with Gasteiger partial charge in [0.15, 0.2) is 0 Å². The van der Waals surface area contributed by atoms with Crippen LogP contribution in [0.5, 0.6) is 0 Å². The second-order valence-electron chi connectivity index (χ2n) is 7.00. The summed E-state index contributed by atoms with van der Waals surface area (Å²) in [5, 5.41) is 1.65. The molecule has 1 fully saturated rings. The number of H-pyrrole nitrogens is 1. The van der Waals surface area contributed by atoms with Gasteiger partial charge >= 0.3 is 0 Å². The van der Waals surface area contributed by atoms with Crippen molar-refractivity contribution in [1.29, 1.82) is 0 Å². The first kappa shape index (κ1) is 18.7. The van der Waals surface area contributed by atoms with Crippen LogP contribution in [0.25, 0.3) is 10.9 Å². The van der Waals surface area contributed by atoms with Crippen LogP contribution < -0.4 is 0 Å². The summed E-state index contributed by atoms with van der Waals surface area (Å²) < 4.78 is 0. The summed E-state index contributed by atoms with van der Waals surface area (Å²) >= 11 is 6.07. The average Bonchev–Trinajstić information content (AvgIpc) is 3.01. The minimum absolute atomic E-state index is 0.0891. The van der Waals surface area contributed by atoms with Crippen molar-refractivity contribution < 1.29 is 9.59 Å². The van der Waals surface area contributed by atoms with Crippen LogP contribution in [0.3, 0.4) is 0 Å². The molecule has 2 amide bonds. The molecule has 0 bridgehead atoms. The Balaban J connectivity index is 1.55. The first-order valence-corrected chi connectivity index (χ1v) is 9.27. The standard InChI is InChI=1S/C19H25ClN4O2/c1-22(2)6-5-18(25)23-7-9-24(10-8-23)19(26)11-14-13-21-17-4-3-15(20)12-16(14)17/h3-4,12-13,21H,5-11H2,1-2H3. The number of piperazine rings is 1. The topological polar surface area (TPSA) is 59.7 Å². The minimum atomic E-state index is 0.0891. The number of aromatic nitrogens is 1. The first-order chi connectivity index (χ1) is 12.4. The van der Waals surface area contributed by atoms with Gasteiger partial charge in [0, 0.05) is 61.3 Å². The smallest absolute Gasteiger partial charge is 0.227 e. The summed E-state index contributed by atoms with van der Waals surface area (Å²) in [7, 11) is 3.92. The maximum Gasteiger partial charge on any atom is 0.227 e. The van der Waals surface area contributed by atoms with Gasteiger partial charge in [0.1, 0.15) is 0 Å². The van der Waals surface area contributed by atoms with Crippen LogP contribution in [0.1, 0.15) is 12.0 Å². The number of benzene rings is 1. The molecule has 2 heterocycles. The highest BCUT2D eigenvalue weighted by Crippen LogP contribution is 2.23. The molecule has 0 radical (unpaired) electrons. The highest BCUT2D eigenvalue weighted by Gasteiger charge is 2.24. The molecule has 0 unspecified atom stereocenters. The van der Waals surface area contributed by atoms with E-state index in [0.717, 1.165) is 23.0 Å². The van der Waals surface area contributed by atoms with E-state index in [2.05, 4.69) is 4.98 Å². The van der Waals surface area contributed by atoms with E-state index in [0.29, 0.717) is 44.0 Å². The molecule has 0 spiro atoms. The number of nitrogens with zero attached hydrogens (tertiary/aromatic N) is 3. The Morgan fingerprint density at radius 1 is 1.12 bits per heavy atom. The predicted octanol–water partition coefficient (Wildman–Crippen LogP) is 1.99. The molecule has 6 nitrogen and oxygen atoms in total. The molecule has 1 aromatic heterocycles. The number of halogens is 1. The molecule has 2 aromatic rings. The zero-order valence-electron chi connectivity index (χ0n) is 15.3. The molecule has 26 heavy (non-hydrogen) atoms. The third kappa shape index (κ3) is 4.37. The molecular weight excluding hydrogens is 352 g/mol. The van der Waals surface area contributed by atoms with Crippen LogP contribution >= 0.6 is 11.6 Å². The van der Waals surface area contributed by atoms with Gasteiger partial charge in [-0.05, 0) is 37.9 Å². The zero-order chi connectivity index (χ0) is 18.7. The number of hydrogen-bond donors (Lipinski definition) is 1. The highest BCUT2D eigenvalue weighted by molar-refractivity contribution is 6.31. The maximum absolute atomic E-state index is 12.7. The normalized spacial score (nSPS) is 15.1. The van der Waals surface area contributed by atoms with Gasteiger partial charge in [0.05, 0.1) is 6.42 Å². The molecule has 0 aliphatic carbocycles. The number of fused-ring (bicyclic) bond motifs is 1. The second-order valence-corrected chi connectivity index (χ2v) is 7.43. The van der Waals surface area contributed by atoms with Crippen molar-refractivity contribution in [3.05, 3.63) is 35.0 Å². The van der Waals surface area contributed by atoms with Crippen LogP contribution in [-0.2, 0) is 16.0 Å². The van der Waals surface area contributed by atoms with Gasteiger partial charge in [-0.25, -0.2) is 0 Å². The number of hydrogen-bond acceptors (Lipinski definition) is 3. The monoisotopic (exact) mass is 376 g/mol. The van der Waals surface area contributed by atoms with E-state index in [1.54, 1.807) is 0 Å². The Labute approximate surface area is 158 Å². The number of carbonyl (C=O) groups excluding carboxylic acids is 2. The number of carbonyl (C=O) groups is 2. The Morgan fingerprint density at radius 2 is 1.77 bits per heavy atom. The van der Waals surface area contributed by atoms with Crippen molar-refractivity contribution >= 4 is 34.3 Å². The van der Waals surface area contributed by atoms with E-state index in [-0.39, 0.29) is 11.8 Å². The molecule has 3 rings (SSSR count). The summed E-state index contributed by atoms with van der Waals surface area (Å²) in [6.45, 7) is 3.15. The largest absolute Gasteiger partial charge is 0.361 e. The Kier molecular flexibility index (Phi) is 5.84. The van der Waals surface area contributed by atoms with Crippen molar-refractivity contribution in [3.8, 4) is 0 Å². The van der Waals surface area contributed by atoms with Crippen LogP contribution in [0, 0.1) is 0 Å². The van der Waals surface area contributed by atoms with E-state index in [4.69, 9.17) is 11.6 Å². The van der Waals surface area contributed by atoms with Crippen molar-refractivity contribution in [2.75, 3.05) is 46.8 Å². The average molecular weight is 377 g/mol. The van der Waals surface area contributed by atoms with E-state index in [1.165, 1.54) is 0 Å². The highest BCUT2D eigenvalue weighted by atomic mass is 35.5. The Morgan fingerprint density at radius 3 is 2.42 bits per heavy atom. The van der Waals surface area contributed by atoms with E-state index < -0.39 is 0 Å². The van der Waals surface area contributed by atoms with Crippen molar-refractivity contribution in [1.82, 2.24) is 19.7 Å². The lowest BCUT2D eigenvalue weighted by Gasteiger charge is -2.35.